The van der Waals surface area contributed by atoms with E-state index in [4.69, 9.17) is 27.6 Å². The lowest BCUT2D eigenvalue weighted by molar-refractivity contribution is -0.128. The summed E-state index contributed by atoms with van der Waals surface area (Å²) in [5.41, 5.74) is 1.10. The molecule has 1 saturated heterocycles. The maximum absolute atomic E-state index is 12.6. The molecule has 0 bridgehead atoms. The number of benzene rings is 1. The van der Waals surface area contributed by atoms with Gasteiger partial charge in [-0.25, -0.2) is 0 Å². The van der Waals surface area contributed by atoms with Crippen molar-refractivity contribution in [2.75, 3.05) is 19.6 Å². The first-order valence-electron chi connectivity index (χ1n) is 7.78. The maximum atomic E-state index is 12.6. The lowest BCUT2D eigenvalue weighted by Crippen LogP contribution is -2.56. The highest BCUT2D eigenvalue weighted by Gasteiger charge is 2.32. The summed E-state index contributed by atoms with van der Waals surface area (Å²) in [4.78, 5) is 26.8. The SMILES string of the molecule is O=C(c1ccoc1)C1CNCCN1C(=O)C=Cc1cccc(Cl)c1Cl. The predicted octanol–water partition coefficient (Wildman–Crippen LogP) is 3.28. The standard InChI is InChI=1S/C18H16Cl2N2O3/c19-14-3-1-2-12(17(14)20)4-5-16(23)22-8-7-21-10-15(22)18(24)13-6-9-25-11-13/h1-6,9,11,15,21H,7-8,10H2. The van der Waals surface area contributed by atoms with Crippen molar-refractivity contribution in [1.29, 1.82) is 0 Å². The normalized spacial score (nSPS) is 17.8. The summed E-state index contributed by atoms with van der Waals surface area (Å²) in [5, 5.41) is 3.96. The first kappa shape index (κ1) is 17.7. The molecule has 1 aromatic heterocycles. The van der Waals surface area contributed by atoms with Gasteiger partial charge in [0.25, 0.3) is 0 Å². The van der Waals surface area contributed by atoms with E-state index in [1.807, 2.05) is 0 Å². The zero-order valence-corrected chi connectivity index (χ0v) is 14.8. The second-order valence-corrected chi connectivity index (χ2v) is 6.39. The number of halogens is 2. The second kappa shape index (κ2) is 7.87. The number of nitrogens with one attached hydrogen (secondary N) is 1. The molecule has 0 saturated carbocycles. The van der Waals surface area contributed by atoms with Gasteiger partial charge >= 0.3 is 0 Å². The highest BCUT2D eigenvalue weighted by molar-refractivity contribution is 6.42. The number of nitrogens with zero attached hydrogens (tertiary/aromatic N) is 1. The number of carbonyl (C=O) groups is 2. The molecule has 1 aliphatic rings. The Labute approximate surface area is 155 Å². The average Bonchev–Trinajstić information content (AvgIpc) is 3.17. The lowest BCUT2D eigenvalue weighted by atomic mass is 10.0. The molecule has 25 heavy (non-hydrogen) atoms. The molecule has 1 aromatic carbocycles. The third-order valence-electron chi connectivity index (χ3n) is 4.02. The third kappa shape index (κ3) is 3.95. The van der Waals surface area contributed by atoms with Crippen LogP contribution >= 0.6 is 23.2 Å². The minimum absolute atomic E-state index is 0.150. The van der Waals surface area contributed by atoms with Crippen LogP contribution in [0.2, 0.25) is 10.0 Å². The van der Waals surface area contributed by atoms with Gasteiger partial charge in [-0.2, -0.15) is 0 Å². The molecule has 1 unspecified atom stereocenters. The van der Waals surface area contributed by atoms with Gasteiger partial charge in [-0.1, -0.05) is 35.3 Å². The van der Waals surface area contributed by atoms with E-state index in [1.54, 1.807) is 35.2 Å². The Hall–Kier alpha value is -2.08. The van der Waals surface area contributed by atoms with Crippen LogP contribution in [0.3, 0.4) is 0 Å². The van der Waals surface area contributed by atoms with Crippen LogP contribution < -0.4 is 5.32 Å². The lowest BCUT2D eigenvalue weighted by Gasteiger charge is -2.34. The van der Waals surface area contributed by atoms with Crippen LogP contribution in [0.5, 0.6) is 0 Å². The fraction of sp³-hybridized carbons (Fsp3) is 0.222. The quantitative estimate of drug-likeness (QED) is 0.654. The molecule has 2 heterocycles. The van der Waals surface area contributed by atoms with Gasteiger partial charge in [-0.15, -0.1) is 0 Å². The molecule has 7 heteroatoms. The number of carbonyl (C=O) groups excluding carboxylic acids is 2. The summed E-state index contributed by atoms with van der Waals surface area (Å²) >= 11 is 12.1. The van der Waals surface area contributed by atoms with Crippen LogP contribution in [0.25, 0.3) is 6.08 Å². The summed E-state index contributed by atoms with van der Waals surface area (Å²) < 4.78 is 4.97. The van der Waals surface area contributed by atoms with E-state index in [-0.39, 0.29) is 11.7 Å². The molecule has 1 amide bonds. The monoisotopic (exact) mass is 378 g/mol. The molecule has 0 aliphatic carbocycles. The van der Waals surface area contributed by atoms with E-state index in [0.29, 0.717) is 40.8 Å². The van der Waals surface area contributed by atoms with Gasteiger partial charge in [0.05, 0.1) is 21.9 Å². The molecule has 2 aromatic rings. The van der Waals surface area contributed by atoms with Crippen molar-refractivity contribution in [1.82, 2.24) is 10.2 Å². The molecule has 1 N–H and O–H groups in total. The van der Waals surface area contributed by atoms with Gasteiger partial charge in [0, 0.05) is 25.7 Å². The Balaban J connectivity index is 1.78. The van der Waals surface area contributed by atoms with Crippen molar-refractivity contribution in [2.45, 2.75) is 6.04 Å². The molecule has 1 aliphatic heterocycles. The summed E-state index contributed by atoms with van der Waals surface area (Å²) in [6.07, 6.45) is 5.86. The van der Waals surface area contributed by atoms with Gasteiger partial charge in [-0.3, -0.25) is 9.59 Å². The second-order valence-electron chi connectivity index (χ2n) is 5.60. The number of ketones is 1. The van der Waals surface area contributed by atoms with Crippen LogP contribution in [0.4, 0.5) is 0 Å². The highest BCUT2D eigenvalue weighted by Crippen LogP contribution is 2.26. The number of furan rings is 1. The topological polar surface area (TPSA) is 62.6 Å². The highest BCUT2D eigenvalue weighted by atomic mass is 35.5. The first-order valence-corrected chi connectivity index (χ1v) is 8.53. The van der Waals surface area contributed by atoms with E-state index in [2.05, 4.69) is 5.32 Å². The van der Waals surface area contributed by atoms with Crippen molar-refractivity contribution < 1.29 is 14.0 Å². The Bertz CT molecular complexity index is 803. The summed E-state index contributed by atoms with van der Waals surface area (Å²) in [7, 11) is 0. The minimum Gasteiger partial charge on any atom is -0.472 e. The van der Waals surface area contributed by atoms with Crippen LogP contribution in [-0.2, 0) is 4.79 Å². The van der Waals surface area contributed by atoms with Crippen LogP contribution in [-0.4, -0.2) is 42.3 Å². The average molecular weight is 379 g/mol. The molecule has 0 radical (unpaired) electrons. The predicted molar refractivity (Wildman–Crippen MR) is 96.9 cm³/mol. The maximum Gasteiger partial charge on any atom is 0.247 e. The molecular formula is C18H16Cl2N2O3. The number of amides is 1. The van der Waals surface area contributed by atoms with Crippen molar-refractivity contribution in [3.63, 3.8) is 0 Å². The van der Waals surface area contributed by atoms with E-state index in [0.717, 1.165) is 0 Å². The van der Waals surface area contributed by atoms with E-state index < -0.39 is 6.04 Å². The van der Waals surface area contributed by atoms with Gasteiger partial charge in [-0.05, 0) is 23.8 Å². The number of piperazine rings is 1. The van der Waals surface area contributed by atoms with Gasteiger partial charge in [0.2, 0.25) is 5.91 Å². The molecule has 1 atom stereocenters. The van der Waals surface area contributed by atoms with Crippen molar-refractivity contribution in [3.05, 3.63) is 64.0 Å². The first-order chi connectivity index (χ1) is 12.1. The molecule has 130 valence electrons. The largest absolute Gasteiger partial charge is 0.472 e. The number of rotatable bonds is 4. The molecule has 1 fully saturated rings. The van der Waals surface area contributed by atoms with E-state index in [9.17, 15) is 9.59 Å². The molecule has 0 spiro atoms. The van der Waals surface area contributed by atoms with E-state index >= 15 is 0 Å². The van der Waals surface area contributed by atoms with Crippen molar-refractivity contribution in [2.24, 2.45) is 0 Å². The van der Waals surface area contributed by atoms with Crippen LogP contribution in [0.15, 0.2) is 47.3 Å². The van der Waals surface area contributed by atoms with Gasteiger partial charge in [0.1, 0.15) is 12.3 Å². The Morgan fingerprint density at radius 3 is 2.88 bits per heavy atom. The Morgan fingerprint density at radius 2 is 2.12 bits per heavy atom. The van der Waals surface area contributed by atoms with Crippen LogP contribution in [0.1, 0.15) is 15.9 Å². The number of hydrogen-bond donors (Lipinski definition) is 1. The van der Waals surface area contributed by atoms with Crippen molar-refractivity contribution >= 4 is 41.0 Å². The van der Waals surface area contributed by atoms with Crippen LogP contribution in [0, 0.1) is 0 Å². The van der Waals surface area contributed by atoms with Crippen molar-refractivity contribution in [3.8, 4) is 0 Å². The summed E-state index contributed by atoms with van der Waals surface area (Å²) in [5.74, 6) is -0.400. The fourth-order valence-corrected chi connectivity index (χ4v) is 3.08. The zero-order valence-electron chi connectivity index (χ0n) is 13.2. The smallest absolute Gasteiger partial charge is 0.247 e. The minimum atomic E-state index is -0.571. The van der Waals surface area contributed by atoms with Gasteiger partial charge in [0.15, 0.2) is 5.78 Å². The summed E-state index contributed by atoms with van der Waals surface area (Å²) in [6, 6.07) is 6.23. The number of hydrogen-bond acceptors (Lipinski definition) is 4. The fourth-order valence-electron chi connectivity index (χ4n) is 2.71. The molecule has 5 nitrogen and oxygen atoms in total. The molecule has 3 rings (SSSR count). The van der Waals surface area contributed by atoms with Gasteiger partial charge < -0.3 is 14.6 Å². The summed E-state index contributed by atoms with van der Waals surface area (Å²) in [6.45, 7) is 1.48. The molecular weight excluding hydrogens is 363 g/mol. The third-order valence-corrected chi connectivity index (χ3v) is 4.86. The Morgan fingerprint density at radius 1 is 1.28 bits per heavy atom. The number of Topliss-reactive ketones (excluding diaryl/α,β-unsaturated/α-hetero) is 1. The zero-order chi connectivity index (χ0) is 17.8. The van der Waals surface area contributed by atoms with E-state index in [1.165, 1.54) is 18.6 Å². The Kier molecular flexibility index (Phi) is 5.58.